The van der Waals surface area contributed by atoms with Gasteiger partial charge >= 0.3 is 0 Å². The number of rotatable bonds is 34. The zero-order valence-corrected chi connectivity index (χ0v) is 30.7. The van der Waals surface area contributed by atoms with Crippen molar-refractivity contribution < 1.29 is 4.74 Å². The fraction of sp³-hybridized carbons (Fsp3) is 0.721. The van der Waals surface area contributed by atoms with Crippen LogP contribution >= 0.6 is 0 Å². The lowest BCUT2D eigenvalue weighted by Crippen LogP contribution is -2.16. The minimum atomic E-state index is 0.480. The molecule has 0 amide bonds. The van der Waals surface area contributed by atoms with Gasteiger partial charge < -0.3 is 9.64 Å². The summed E-state index contributed by atoms with van der Waals surface area (Å²) in [5.41, 5.74) is 0. The molecule has 2 heteroatoms. The summed E-state index contributed by atoms with van der Waals surface area (Å²) in [6, 6.07) is 0. The molecule has 0 bridgehead atoms. The SMILES string of the molecule is CC/C=C\C/C=C\C/C=C\CCCCCCCCC(CCCCCCCC/C=C\C/C=C\C/C=C\CC)OCCCCN(C)C. The second-order valence-corrected chi connectivity index (χ2v) is 13.0. The summed E-state index contributed by atoms with van der Waals surface area (Å²) in [7, 11) is 4.33. The van der Waals surface area contributed by atoms with E-state index in [1.165, 1.54) is 122 Å². The molecule has 0 saturated heterocycles. The number of unbranched alkanes of at least 4 members (excludes halogenated alkanes) is 13. The Kier molecular flexibility index (Phi) is 37.1. The van der Waals surface area contributed by atoms with E-state index < -0.39 is 0 Å². The van der Waals surface area contributed by atoms with E-state index in [9.17, 15) is 0 Å². The molecular weight excluding hydrogens is 546 g/mol. The van der Waals surface area contributed by atoms with Crippen LogP contribution in [0.1, 0.15) is 168 Å². The number of nitrogens with zero attached hydrogens (tertiary/aromatic N) is 1. The van der Waals surface area contributed by atoms with Gasteiger partial charge in [0.15, 0.2) is 0 Å². The molecule has 0 unspecified atom stereocenters. The highest BCUT2D eigenvalue weighted by atomic mass is 16.5. The highest BCUT2D eigenvalue weighted by Crippen LogP contribution is 2.18. The van der Waals surface area contributed by atoms with Gasteiger partial charge in [0.2, 0.25) is 0 Å². The van der Waals surface area contributed by atoms with Crippen molar-refractivity contribution in [3.8, 4) is 0 Å². The fourth-order valence-electron chi connectivity index (χ4n) is 5.43. The summed E-state index contributed by atoms with van der Waals surface area (Å²) in [6.07, 6.45) is 58.3. The van der Waals surface area contributed by atoms with Crippen molar-refractivity contribution in [3.05, 3.63) is 72.9 Å². The zero-order chi connectivity index (χ0) is 32.7. The Balaban J connectivity index is 3.92. The van der Waals surface area contributed by atoms with E-state index in [1.807, 2.05) is 0 Å². The van der Waals surface area contributed by atoms with Gasteiger partial charge in [-0.15, -0.1) is 0 Å². The Bertz CT molecular complexity index is 687. The smallest absolute Gasteiger partial charge is 0.0575 e. The van der Waals surface area contributed by atoms with E-state index in [0.717, 1.165) is 45.1 Å². The molecular formula is C43H77NO. The predicted molar refractivity (Wildman–Crippen MR) is 205 cm³/mol. The van der Waals surface area contributed by atoms with Crippen LogP contribution in [-0.2, 0) is 4.74 Å². The quantitative estimate of drug-likeness (QED) is 0.0522. The van der Waals surface area contributed by atoms with E-state index in [-0.39, 0.29) is 0 Å². The maximum atomic E-state index is 6.42. The number of ether oxygens (including phenoxy) is 1. The molecule has 2 nitrogen and oxygen atoms in total. The summed E-state index contributed by atoms with van der Waals surface area (Å²) in [6.45, 7) is 6.48. The lowest BCUT2D eigenvalue weighted by Gasteiger charge is -2.18. The lowest BCUT2D eigenvalue weighted by molar-refractivity contribution is 0.0353. The molecule has 0 radical (unpaired) electrons. The Morgan fingerprint density at radius 1 is 0.422 bits per heavy atom. The van der Waals surface area contributed by atoms with Crippen molar-refractivity contribution in [2.75, 3.05) is 27.2 Å². The third-order valence-electron chi connectivity index (χ3n) is 8.21. The summed E-state index contributed by atoms with van der Waals surface area (Å²) in [4.78, 5) is 2.28. The van der Waals surface area contributed by atoms with Crippen molar-refractivity contribution in [1.82, 2.24) is 4.90 Å². The van der Waals surface area contributed by atoms with Gasteiger partial charge in [0.1, 0.15) is 0 Å². The van der Waals surface area contributed by atoms with Gasteiger partial charge in [-0.1, -0.05) is 151 Å². The highest BCUT2D eigenvalue weighted by Gasteiger charge is 2.09. The summed E-state index contributed by atoms with van der Waals surface area (Å²) in [5, 5.41) is 0. The van der Waals surface area contributed by atoms with Crippen LogP contribution in [0.5, 0.6) is 0 Å². The van der Waals surface area contributed by atoms with E-state index in [1.54, 1.807) is 0 Å². The summed E-state index contributed by atoms with van der Waals surface area (Å²) in [5.74, 6) is 0. The van der Waals surface area contributed by atoms with Crippen molar-refractivity contribution in [2.24, 2.45) is 0 Å². The first-order valence-corrected chi connectivity index (χ1v) is 19.4. The zero-order valence-electron chi connectivity index (χ0n) is 30.7. The van der Waals surface area contributed by atoms with Crippen LogP contribution < -0.4 is 0 Å². The second-order valence-electron chi connectivity index (χ2n) is 13.0. The first-order valence-electron chi connectivity index (χ1n) is 19.4. The highest BCUT2D eigenvalue weighted by molar-refractivity contribution is 4.98. The molecule has 0 aliphatic heterocycles. The Labute approximate surface area is 283 Å². The lowest BCUT2D eigenvalue weighted by atomic mass is 10.0. The molecule has 0 aromatic rings. The van der Waals surface area contributed by atoms with E-state index in [4.69, 9.17) is 4.74 Å². The molecule has 0 aliphatic rings. The molecule has 0 atom stereocenters. The maximum absolute atomic E-state index is 6.42. The van der Waals surface area contributed by atoms with E-state index >= 15 is 0 Å². The van der Waals surface area contributed by atoms with Crippen molar-refractivity contribution in [1.29, 1.82) is 0 Å². The van der Waals surface area contributed by atoms with Crippen molar-refractivity contribution in [3.63, 3.8) is 0 Å². The largest absolute Gasteiger partial charge is 0.378 e. The van der Waals surface area contributed by atoms with Gasteiger partial charge in [0.25, 0.3) is 0 Å². The topological polar surface area (TPSA) is 12.5 Å². The predicted octanol–water partition coefficient (Wildman–Crippen LogP) is 13.7. The first kappa shape index (κ1) is 43.4. The molecule has 0 heterocycles. The number of hydrogen-bond donors (Lipinski definition) is 0. The van der Waals surface area contributed by atoms with Crippen LogP contribution in [-0.4, -0.2) is 38.3 Å². The molecule has 0 N–H and O–H groups in total. The van der Waals surface area contributed by atoms with Crippen molar-refractivity contribution >= 4 is 0 Å². The molecule has 0 rings (SSSR count). The molecule has 260 valence electrons. The fourth-order valence-corrected chi connectivity index (χ4v) is 5.43. The third-order valence-corrected chi connectivity index (χ3v) is 8.21. The number of allylic oxidation sites excluding steroid dienone is 12. The minimum absolute atomic E-state index is 0.480. The average molecular weight is 624 g/mol. The van der Waals surface area contributed by atoms with Crippen LogP contribution in [0, 0.1) is 0 Å². The minimum Gasteiger partial charge on any atom is -0.378 e. The molecule has 0 aromatic heterocycles. The summed E-state index contributed by atoms with van der Waals surface area (Å²) >= 11 is 0. The Hall–Kier alpha value is -1.64. The third kappa shape index (κ3) is 38.5. The summed E-state index contributed by atoms with van der Waals surface area (Å²) < 4.78 is 6.42. The average Bonchev–Trinajstić information content (AvgIpc) is 3.03. The Morgan fingerprint density at radius 2 is 0.800 bits per heavy atom. The van der Waals surface area contributed by atoms with Gasteiger partial charge in [-0.05, 0) is 111 Å². The van der Waals surface area contributed by atoms with Crippen LogP contribution in [0.15, 0.2) is 72.9 Å². The molecule has 0 saturated carbocycles. The van der Waals surface area contributed by atoms with Gasteiger partial charge in [-0.3, -0.25) is 0 Å². The Morgan fingerprint density at radius 3 is 1.22 bits per heavy atom. The van der Waals surface area contributed by atoms with Crippen LogP contribution in [0.3, 0.4) is 0 Å². The first-order chi connectivity index (χ1) is 22.2. The number of hydrogen-bond acceptors (Lipinski definition) is 2. The molecule has 0 aliphatic carbocycles. The maximum Gasteiger partial charge on any atom is 0.0575 e. The normalized spacial score (nSPS) is 12.9. The van der Waals surface area contributed by atoms with Gasteiger partial charge in [0.05, 0.1) is 6.10 Å². The van der Waals surface area contributed by atoms with Crippen LogP contribution in [0.25, 0.3) is 0 Å². The standard InChI is InChI=1S/C43H77NO/c1-5-7-9-11-13-15-17-19-21-23-25-27-29-31-33-35-39-43(45-42-38-37-41-44(3)4)40-36-34-32-30-28-26-24-22-20-18-16-14-12-10-8-6-2/h7-10,13-16,19-22,43H,5-6,11-12,17-18,23-42H2,1-4H3/b9-7-,10-8-,15-13-,16-14-,21-19-,22-20-. The van der Waals surface area contributed by atoms with Crippen LogP contribution in [0.4, 0.5) is 0 Å². The molecule has 0 spiro atoms. The molecule has 45 heavy (non-hydrogen) atoms. The monoisotopic (exact) mass is 624 g/mol. The van der Waals surface area contributed by atoms with Gasteiger partial charge in [-0.25, -0.2) is 0 Å². The second kappa shape index (κ2) is 38.5. The molecule has 0 fully saturated rings. The van der Waals surface area contributed by atoms with E-state index in [2.05, 4.69) is 106 Å². The van der Waals surface area contributed by atoms with Gasteiger partial charge in [0, 0.05) is 6.61 Å². The van der Waals surface area contributed by atoms with Gasteiger partial charge in [-0.2, -0.15) is 0 Å². The van der Waals surface area contributed by atoms with Crippen LogP contribution in [0.2, 0.25) is 0 Å². The molecule has 0 aromatic carbocycles. The van der Waals surface area contributed by atoms with E-state index in [0.29, 0.717) is 6.10 Å². The van der Waals surface area contributed by atoms with Crippen molar-refractivity contribution in [2.45, 2.75) is 174 Å².